The number of ketones is 1. The van der Waals surface area contributed by atoms with E-state index in [1.807, 2.05) is 50.3 Å². The predicted octanol–water partition coefficient (Wildman–Crippen LogP) is 4.06. The van der Waals surface area contributed by atoms with Crippen LogP contribution in [0, 0.1) is 11.8 Å². The first-order valence-corrected chi connectivity index (χ1v) is 10.3. The van der Waals surface area contributed by atoms with E-state index in [1.54, 1.807) is 13.0 Å². The molecule has 0 spiro atoms. The lowest BCUT2D eigenvalue weighted by Gasteiger charge is -2.19. The zero-order valence-corrected chi connectivity index (χ0v) is 18.1. The third-order valence-electron chi connectivity index (χ3n) is 5.34. The van der Waals surface area contributed by atoms with Crippen LogP contribution >= 0.6 is 0 Å². The number of allylic oxidation sites excluding steroid dienone is 5. The summed E-state index contributed by atoms with van der Waals surface area (Å²) in [4.78, 5) is 23.3. The molecule has 1 rings (SSSR count). The summed E-state index contributed by atoms with van der Waals surface area (Å²) < 4.78 is 4.59. The van der Waals surface area contributed by atoms with Crippen molar-refractivity contribution in [3.05, 3.63) is 48.1 Å². The van der Waals surface area contributed by atoms with Gasteiger partial charge in [0.05, 0.1) is 18.8 Å². The van der Waals surface area contributed by atoms with Gasteiger partial charge in [-0.25, -0.2) is 0 Å². The normalized spacial score (nSPS) is 25.4. The van der Waals surface area contributed by atoms with Crippen LogP contribution in [0.25, 0.3) is 0 Å². The number of aliphatic hydroxyl groups is 2. The molecule has 0 aliphatic heterocycles. The zero-order chi connectivity index (χ0) is 21.9. The van der Waals surface area contributed by atoms with Crippen molar-refractivity contribution in [3.8, 4) is 0 Å². The van der Waals surface area contributed by atoms with Gasteiger partial charge in [-0.15, -0.1) is 0 Å². The standard InChI is InChI=1S/C24H36O5/c1-5-18(2)14-16-24(3,28)15-10-12-20-19(21(25)17-22(20)26)11-8-6-7-9-13-23(27)29-4/h5-7,10,12,14,16,19-20,22,26,28H,8-9,11,13,15,17H2,1-4H3/b7-6-,12-10+,16-14+,18-5-/t19-,20-,22-,24-/m1/s1. The highest BCUT2D eigenvalue weighted by Crippen LogP contribution is 2.34. The van der Waals surface area contributed by atoms with Crippen LogP contribution in [0.2, 0.25) is 0 Å². The van der Waals surface area contributed by atoms with Crippen molar-refractivity contribution in [2.24, 2.45) is 11.8 Å². The zero-order valence-electron chi connectivity index (χ0n) is 18.1. The molecule has 2 N–H and O–H groups in total. The van der Waals surface area contributed by atoms with Crippen LogP contribution in [-0.2, 0) is 14.3 Å². The molecule has 1 saturated carbocycles. The van der Waals surface area contributed by atoms with Gasteiger partial charge in [-0.3, -0.25) is 9.59 Å². The fourth-order valence-corrected chi connectivity index (χ4v) is 3.35. The molecule has 0 heterocycles. The number of carbonyl (C=O) groups excluding carboxylic acids is 2. The number of hydrogen-bond donors (Lipinski definition) is 2. The van der Waals surface area contributed by atoms with Crippen LogP contribution in [0.15, 0.2) is 48.1 Å². The first kappa shape index (κ1) is 25.1. The first-order chi connectivity index (χ1) is 13.7. The predicted molar refractivity (Wildman–Crippen MR) is 115 cm³/mol. The number of ether oxygens (including phenoxy) is 1. The molecule has 1 aliphatic rings. The van der Waals surface area contributed by atoms with Crippen LogP contribution in [0.3, 0.4) is 0 Å². The maximum absolute atomic E-state index is 12.3. The maximum Gasteiger partial charge on any atom is 0.305 e. The van der Waals surface area contributed by atoms with Crippen molar-refractivity contribution < 1.29 is 24.5 Å². The van der Waals surface area contributed by atoms with Crippen molar-refractivity contribution in [3.63, 3.8) is 0 Å². The number of Topliss-reactive ketones (excluding diaryl/α,β-unsaturated/α-hetero) is 1. The van der Waals surface area contributed by atoms with Crippen LogP contribution in [0.5, 0.6) is 0 Å². The lowest BCUT2D eigenvalue weighted by molar-refractivity contribution is -0.140. The Morgan fingerprint density at radius 2 is 1.97 bits per heavy atom. The second-order valence-corrected chi connectivity index (χ2v) is 7.94. The van der Waals surface area contributed by atoms with Crippen LogP contribution in [0.1, 0.15) is 59.3 Å². The smallest absolute Gasteiger partial charge is 0.305 e. The third-order valence-corrected chi connectivity index (χ3v) is 5.34. The molecule has 0 aromatic heterocycles. The molecule has 29 heavy (non-hydrogen) atoms. The van der Waals surface area contributed by atoms with Crippen molar-refractivity contribution in [1.29, 1.82) is 0 Å². The van der Waals surface area contributed by atoms with Gasteiger partial charge in [0, 0.05) is 24.7 Å². The molecule has 0 radical (unpaired) electrons. The molecular formula is C24H36O5. The van der Waals surface area contributed by atoms with E-state index in [4.69, 9.17) is 0 Å². The summed E-state index contributed by atoms with van der Waals surface area (Å²) in [7, 11) is 1.37. The summed E-state index contributed by atoms with van der Waals surface area (Å²) in [6, 6.07) is 0. The van der Waals surface area contributed by atoms with E-state index in [1.165, 1.54) is 7.11 Å². The van der Waals surface area contributed by atoms with Gasteiger partial charge < -0.3 is 14.9 Å². The number of methoxy groups -OCH3 is 1. The van der Waals surface area contributed by atoms with Gasteiger partial charge in [0.1, 0.15) is 5.78 Å². The van der Waals surface area contributed by atoms with Crippen molar-refractivity contribution >= 4 is 11.8 Å². The minimum Gasteiger partial charge on any atom is -0.469 e. The molecule has 162 valence electrons. The van der Waals surface area contributed by atoms with Gasteiger partial charge in [-0.1, -0.05) is 48.1 Å². The van der Waals surface area contributed by atoms with E-state index < -0.39 is 11.7 Å². The highest BCUT2D eigenvalue weighted by atomic mass is 16.5. The van der Waals surface area contributed by atoms with Gasteiger partial charge in [0.2, 0.25) is 0 Å². The molecule has 0 aromatic carbocycles. The number of esters is 1. The van der Waals surface area contributed by atoms with E-state index in [9.17, 15) is 19.8 Å². The number of carbonyl (C=O) groups is 2. The summed E-state index contributed by atoms with van der Waals surface area (Å²) in [5, 5.41) is 20.7. The quantitative estimate of drug-likeness (QED) is 0.308. The summed E-state index contributed by atoms with van der Waals surface area (Å²) in [6.45, 7) is 5.66. The molecule has 5 heteroatoms. The van der Waals surface area contributed by atoms with Crippen LogP contribution in [0.4, 0.5) is 0 Å². The molecule has 4 atom stereocenters. The molecule has 0 amide bonds. The van der Waals surface area contributed by atoms with Crippen molar-refractivity contribution in [2.75, 3.05) is 7.11 Å². The Balaban J connectivity index is 2.58. The first-order valence-electron chi connectivity index (χ1n) is 10.3. The molecule has 1 aliphatic carbocycles. The highest BCUT2D eigenvalue weighted by molar-refractivity contribution is 5.84. The highest BCUT2D eigenvalue weighted by Gasteiger charge is 2.39. The Bertz CT molecular complexity index is 654. The van der Waals surface area contributed by atoms with E-state index >= 15 is 0 Å². The molecule has 0 bridgehead atoms. The minimum atomic E-state index is -0.980. The van der Waals surface area contributed by atoms with Gasteiger partial charge in [0.25, 0.3) is 0 Å². The van der Waals surface area contributed by atoms with E-state index in [0.29, 0.717) is 25.7 Å². The average Bonchev–Trinajstić information content (AvgIpc) is 2.95. The van der Waals surface area contributed by atoms with Crippen LogP contribution in [-0.4, -0.2) is 40.8 Å². The third kappa shape index (κ3) is 9.37. The summed E-state index contributed by atoms with van der Waals surface area (Å²) in [6.07, 6.45) is 15.5. The average molecular weight is 405 g/mol. The van der Waals surface area contributed by atoms with E-state index in [2.05, 4.69) is 4.74 Å². The molecule has 1 fully saturated rings. The Hall–Kier alpha value is -1.98. The van der Waals surface area contributed by atoms with Gasteiger partial charge in [-0.05, 0) is 46.5 Å². The molecule has 5 nitrogen and oxygen atoms in total. The van der Waals surface area contributed by atoms with Gasteiger partial charge >= 0.3 is 5.97 Å². The summed E-state index contributed by atoms with van der Waals surface area (Å²) in [5.41, 5.74) is 0.0948. The largest absolute Gasteiger partial charge is 0.469 e. The Morgan fingerprint density at radius 3 is 2.62 bits per heavy atom. The lowest BCUT2D eigenvalue weighted by atomic mass is 9.88. The minimum absolute atomic E-state index is 0.0884. The summed E-state index contributed by atoms with van der Waals surface area (Å²) >= 11 is 0. The molecular weight excluding hydrogens is 368 g/mol. The molecule has 0 aromatic rings. The van der Waals surface area contributed by atoms with E-state index in [-0.39, 0.29) is 30.0 Å². The second kappa shape index (κ2) is 12.6. The summed E-state index contributed by atoms with van der Waals surface area (Å²) in [5.74, 6) is -0.577. The Morgan fingerprint density at radius 1 is 1.28 bits per heavy atom. The molecule has 0 saturated heterocycles. The lowest BCUT2D eigenvalue weighted by Crippen LogP contribution is -2.21. The van der Waals surface area contributed by atoms with Gasteiger partial charge in [-0.2, -0.15) is 0 Å². The maximum atomic E-state index is 12.3. The second-order valence-electron chi connectivity index (χ2n) is 7.94. The van der Waals surface area contributed by atoms with Gasteiger partial charge in [0.15, 0.2) is 0 Å². The number of rotatable bonds is 11. The number of aliphatic hydroxyl groups excluding tert-OH is 1. The van der Waals surface area contributed by atoms with Crippen LogP contribution < -0.4 is 0 Å². The fourth-order valence-electron chi connectivity index (χ4n) is 3.35. The number of hydrogen-bond acceptors (Lipinski definition) is 5. The SMILES string of the molecule is C/C=C(C)\C=C\[C@](C)(O)C/C=C/[C@H]1[C@H](O)CC(=O)[C@@H]1CC/C=C\CCC(=O)OC. The topological polar surface area (TPSA) is 83.8 Å². The van der Waals surface area contributed by atoms with Crippen molar-refractivity contribution in [1.82, 2.24) is 0 Å². The Labute approximate surface area is 174 Å². The van der Waals surface area contributed by atoms with Crippen molar-refractivity contribution in [2.45, 2.75) is 71.0 Å². The Kier molecular flexibility index (Phi) is 10.8. The fraction of sp³-hybridized carbons (Fsp3) is 0.583. The molecule has 0 unspecified atom stereocenters. The monoisotopic (exact) mass is 404 g/mol. The van der Waals surface area contributed by atoms with E-state index in [0.717, 1.165) is 12.0 Å².